The minimum absolute atomic E-state index is 0.0208. The van der Waals surface area contributed by atoms with Crippen molar-refractivity contribution in [2.24, 2.45) is 7.05 Å². The summed E-state index contributed by atoms with van der Waals surface area (Å²) in [5.74, 6) is -0.869. The molecule has 1 unspecified atom stereocenters. The number of hydrogen-bond donors (Lipinski definition) is 2. The third kappa shape index (κ3) is 4.25. The number of rotatable bonds is 6. The smallest absolute Gasteiger partial charge is 0.407 e. The van der Waals surface area contributed by atoms with E-state index in [4.69, 9.17) is 4.74 Å². The number of carboxylic acid groups (broad SMARTS) is 1. The average molecular weight is 493 g/mol. The number of alkyl carbamates (subject to hydrolysis) is 1. The molecule has 1 saturated heterocycles. The predicted octanol–water partition coefficient (Wildman–Crippen LogP) is 3.06. The van der Waals surface area contributed by atoms with Crippen LogP contribution in [0.15, 0.2) is 54.7 Å². The van der Waals surface area contributed by atoms with E-state index in [0.717, 1.165) is 22.3 Å². The van der Waals surface area contributed by atoms with Crippen molar-refractivity contribution in [3.05, 3.63) is 77.1 Å². The number of amides is 2. The third-order valence-corrected chi connectivity index (χ3v) is 7.48. The number of aryl methyl sites for hydroxylation is 1. The second-order valence-corrected chi connectivity index (χ2v) is 9.44. The van der Waals surface area contributed by atoms with Crippen LogP contribution in [0, 0.1) is 0 Å². The van der Waals surface area contributed by atoms with Crippen LogP contribution in [0.3, 0.4) is 0 Å². The fourth-order valence-electron chi connectivity index (χ4n) is 4.66. The summed E-state index contributed by atoms with van der Waals surface area (Å²) in [5, 5.41) is 16.2. The van der Waals surface area contributed by atoms with Gasteiger partial charge in [-0.3, -0.25) is 9.48 Å². The number of aliphatic carboxylic acids is 1. The Labute approximate surface area is 206 Å². The molecule has 2 aromatic carbocycles. The topological polar surface area (TPSA) is 114 Å². The SMILES string of the molecule is Cn1ncc(C(=O)N2CSCC2C(=O)O)c1CNC(=O)OCC1c2ccccc2-c2ccccc21. The van der Waals surface area contributed by atoms with Gasteiger partial charge < -0.3 is 20.1 Å². The number of fused-ring (bicyclic) bond motifs is 3. The van der Waals surface area contributed by atoms with Crippen LogP contribution in [0.4, 0.5) is 4.79 Å². The molecule has 0 saturated carbocycles. The average Bonchev–Trinajstić information content (AvgIpc) is 3.57. The number of thioether (sulfide) groups is 1. The van der Waals surface area contributed by atoms with Gasteiger partial charge in [-0.15, -0.1) is 11.8 Å². The largest absolute Gasteiger partial charge is 0.480 e. The number of hydrogen-bond acceptors (Lipinski definition) is 6. The first-order valence-corrected chi connectivity index (χ1v) is 12.3. The van der Waals surface area contributed by atoms with Gasteiger partial charge in [-0.25, -0.2) is 9.59 Å². The lowest BCUT2D eigenvalue weighted by atomic mass is 9.98. The molecular formula is C25H24N4O5S. The maximum atomic E-state index is 13.0. The van der Waals surface area contributed by atoms with Gasteiger partial charge in [0, 0.05) is 18.7 Å². The number of nitrogens with zero attached hydrogens (tertiary/aromatic N) is 3. The molecule has 2 amide bonds. The molecule has 180 valence electrons. The predicted molar refractivity (Wildman–Crippen MR) is 130 cm³/mol. The van der Waals surface area contributed by atoms with Gasteiger partial charge in [-0.1, -0.05) is 48.5 Å². The Hall–Kier alpha value is -3.79. The van der Waals surface area contributed by atoms with Gasteiger partial charge in [-0.05, 0) is 22.3 Å². The van der Waals surface area contributed by atoms with Crippen molar-refractivity contribution < 1.29 is 24.2 Å². The maximum absolute atomic E-state index is 13.0. The van der Waals surface area contributed by atoms with Crippen molar-refractivity contribution >= 4 is 29.7 Å². The van der Waals surface area contributed by atoms with Crippen LogP contribution >= 0.6 is 11.8 Å². The molecule has 1 fully saturated rings. The molecule has 1 atom stereocenters. The zero-order valence-corrected chi connectivity index (χ0v) is 19.8. The zero-order chi connectivity index (χ0) is 24.5. The molecule has 1 aliphatic heterocycles. The van der Waals surface area contributed by atoms with Gasteiger partial charge in [0.15, 0.2) is 0 Å². The standard InChI is InChI=1S/C25H24N4O5S/c1-28-21(19(10-27-28)23(30)29-14-35-13-22(29)24(31)32)11-26-25(33)34-12-20-17-8-4-2-6-15(17)16-7-3-5-9-18(16)20/h2-10,20,22H,11-14H2,1H3,(H,26,33)(H,31,32). The molecule has 10 heteroatoms. The van der Waals surface area contributed by atoms with E-state index in [0.29, 0.717) is 17.3 Å². The molecule has 0 radical (unpaired) electrons. The van der Waals surface area contributed by atoms with Crippen molar-refractivity contribution in [3.63, 3.8) is 0 Å². The molecule has 5 rings (SSSR count). The molecule has 2 N–H and O–H groups in total. The zero-order valence-electron chi connectivity index (χ0n) is 19.0. The van der Waals surface area contributed by atoms with Crippen LogP contribution in [0.5, 0.6) is 0 Å². The van der Waals surface area contributed by atoms with Crippen molar-refractivity contribution in [1.29, 1.82) is 0 Å². The van der Waals surface area contributed by atoms with Crippen LogP contribution in [-0.4, -0.2) is 62.0 Å². The van der Waals surface area contributed by atoms with Crippen molar-refractivity contribution in [2.45, 2.75) is 18.5 Å². The van der Waals surface area contributed by atoms with E-state index in [2.05, 4.69) is 34.7 Å². The first-order chi connectivity index (χ1) is 17.0. The number of benzene rings is 2. The normalized spacial score (nSPS) is 16.6. The van der Waals surface area contributed by atoms with E-state index in [-0.39, 0.29) is 24.6 Å². The van der Waals surface area contributed by atoms with E-state index >= 15 is 0 Å². The Morgan fingerprint density at radius 2 is 1.77 bits per heavy atom. The third-order valence-electron chi connectivity index (χ3n) is 6.46. The van der Waals surface area contributed by atoms with E-state index in [1.54, 1.807) is 7.05 Å². The summed E-state index contributed by atoms with van der Waals surface area (Å²) < 4.78 is 7.07. The maximum Gasteiger partial charge on any atom is 0.407 e. The summed E-state index contributed by atoms with van der Waals surface area (Å²) in [6.07, 6.45) is 0.797. The monoisotopic (exact) mass is 492 g/mol. The molecule has 35 heavy (non-hydrogen) atoms. The second-order valence-electron chi connectivity index (χ2n) is 8.44. The quantitative estimate of drug-likeness (QED) is 0.544. The summed E-state index contributed by atoms with van der Waals surface area (Å²) in [5.41, 5.74) is 5.28. The highest BCUT2D eigenvalue weighted by molar-refractivity contribution is 7.99. The number of carbonyl (C=O) groups is 3. The van der Waals surface area contributed by atoms with Crippen LogP contribution in [0.25, 0.3) is 11.1 Å². The Bertz CT molecular complexity index is 1260. The Morgan fingerprint density at radius 1 is 1.11 bits per heavy atom. The number of ether oxygens (including phenoxy) is 1. The minimum atomic E-state index is -1.04. The second kappa shape index (κ2) is 9.46. The van der Waals surface area contributed by atoms with Crippen LogP contribution < -0.4 is 5.32 Å². The molecule has 0 spiro atoms. The van der Waals surface area contributed by atoms with Gasteiger partial charge >= 0.3 is 12.1 Å². The van der Waals surface area contributed by atoms with Crippen LogP contribution in [-0.2, 0) is 23.1 Å². The van der Waals surface area contributed by atoms with Crippen molar-refractivity contribution in [1.82, 2.24) is 20.0 Å². The van der Waals surface area contributed by atoms with Gasteiger partial charge in [0.1, 0.15) is 12.6 Å². The fraction of sp³-hybridized carbons (Fsp3) is 0.280. The molecule has 1 aromatic heterocycles. The lowest BCUT2D eigenvalue weighted by Gasteiger charge is -2.20. The molecule has 2 heterocycles. The Kier molecular flexibility index (Phi) is 6.21. The van der Waals surface area contributed by atoms with Crippen molar-refractivity contribution in [2.75, 3.05) is 18.2 Å². The van der Waals surface area contributed by atoms with Gasteiger partial charge in [-0.2, -0.15) is 5.10 Å². The van der Waals surface area contributed by atoms with Gasteiger partial charge in [0.25, 0.3) is 5.91 Å². The highest BCUT2D eigenvalue weighted by Crippen LogP contribution is 2.44. The molecule has 1 aliphatic carbocycles. The number of carboxylic acids is 1. The van der Waals surface area contributed by atoms with Crippen molar-refractivity contribution in [3.8, 4) is 11.1 Å². The number of nitrogens with one attached hydrogen (secondary N) is 1. The van der Waals surface area contributed by atoms with E-state index < -0.39 is 24.0 Å². The summed E-state index contributed by atoms with van der Waals surface area (Å²) in [6.45, 7) is 0.204. The lowest BCUT2D eigenvalue weighted by Crippen LogP contribution is -2.42. The van der Waals surface area contributed by atoms with E-state index in [1.807, 2.05) is 24.3 Å². The fourth-order valence-corrected chi connectivity index (χ4v) is 5.80. The minimum Gasteiger partial charge on any atom is -0.480 e. The van der Waals surface area contributed by atoms with Crippen LogP contribution in [0.2, 0.25) is 0 Å². The molecular weight excluding hydrogens is 468 g/mol. The number of aromatic nitrogens is 2. The first-order valence-electron chi connectivity index (χ1n) is 11.2. The Balaban J connectivity index is 1.24. The molecule has 0 bridgehead atoms. The summed E-state index contributed by atoms with van der Waals surface area (Å²) >= 11 is 1.39. The number of carbonyl (C=O) groups excluding carboxylic acids is 2. The van der Waals surface area contributed by atoms with Gasteiger partial charge in [0.05, 0.1) is 29.9 Å². The summed E-state index contributed by atoms with van der Waals surface area (Å²) in [4.78, 5) is 38.4. The summed E-state index contributed by atoms with van der Waals surface area (Å²) in [6, 6.07) is 15.3. The van der Waals surface area contributed by atoms with Crippen LogP contribution in [0.1, 0.15) is 33.1 Å². The van der Waals surface area contributed by atoms with Gasteiger partial charge in [0.2, 0.25) is 0 Å². The molecule has 9 nitrogen and oxygen atoms in total. The molecule has 2 aliphatic rings. The highest BCUT2D eigenvalue weighted by atomic mass is 32.2. The molecule has 3 aromatic rings. The van der Waals surface area contributed by atoms with E-state index in [1.165, 1.54) is 27.5 Å². The summed E-state index contributed by atoms with van der Waals surface area (Å²) in [7, 11) is 1.67. The first kappa shape index (κ1) is 23.0. The Morgan fingerprint density at radius 3 is 2.43 bits per heavy atom. The van der Waals surface area contributed by atoms with E-state index in [9.17, 15) is 19.5 Å². The lowest BCUT2D eigenvalue weighted by molar-refractivity contribution is -0.140. The highest BCUT2D eigenvalue weighted by Gasteiger charge is 2.36.